The van der Waals surface area contributed by atoms with Gasteiger partial charge >= 0.3 is 5.69 Å². The van der Waals surface area contributed by atoms with E-state index in [0.29, 0.717) is 13.1 Å². The van der Waals surface area contributed by atoms with Crippen LogP contribution in [0.4, 0.5) is 0 Å². The van der Waals surface area contributed by atoms with Crippen LogP contribution in [0.1, 0.15) is 30.7 Å². The van der Waals surface area contributed by atoms with Gasteiger partial charge in [-0.2, -0.15) is 5.10 Å². The van der Waals surface area contributed by atoms with Gasteiger partial charge in [0.1, 0.15) is 11.6 Å². The van der Waals surface area contributed by atoms with Crippen LogP contribution < -0.4 is 21.1 Å². The normalized spacial score (nSPS) is 13.9. The molecule has 0 spiro atoms. The highest BCUT2D eigenvalue weighted by molar-refractivity contribution is 5.79. The summed E-state index contributed by atoms with van der Waals surface area (Å²) in [6, 6.07) is 7.92. The Morgan fingerprint density at radius 2 is 2.07 bits per heavy atom. The molecule has 0 saturated carbocycles. The van der Waals surface area contributed by atoms with Gasteiger partial charge < -0.3 is 15.4 Å². The molecule has 2 heterocycles. The standard InChI is InChI=1S/C19H28N6O2/c1-20-18(22-14-15-7-9-16(27-2)10-8-15)21-11-5-13-25-19(26)24-12-4-3-6-17(24)23-25/h7-10H,3-6,11-14H2,1-2H3,(H2,20,21,22). The van der Waals surface area contributed by atoms with Crippen LogP contribution in [0.25, 0.3) is 0 Å². The number of ether oxygens (including phenoxy) is 1. The number of hydrogen-bond donors (Lipinski definition) is 2. The lowest BCUT2D eigenvalue weighted by Gasteiger charge is -2.12. The molecule has 0 bridgehead atoms. The molecule has 8 heteroatoms. The molecule has 1 aliphatic rings. The fraction of sp³-hybridized carbons (Fsp3) is 0.526. The molecule has 1 aliphatic heterocycles. The van der Waals surface area contributed by atoms with Crippen molar-refractivity contribution in [2.24, 2.45) is 4.99 Å². The molecule has 27 heavy (non-hydrogen) atoms. The van der Waals surface area contributed by atoms with Crippen molar-refractivity contribution in [2.45, 2.75) is 45.3 Å². The molecule has 146 valence electrons. The number of nitrogens with one attached hydrogen (secondary N) is 2. The van der Waals surface area contributed by atoms with E-state index in [9.17, 15) is 4.79 Å². The van der Waals surface area contributed by atoms with Crippen LogP contribution in [0.5, 0.6) is 5.75 Å². The average Bonchev–Trinajstić information content (AvgIpc) is 3.04. The minimum atomic E-state index is 0.0201. The van der Waals surface area contributed by atoms with E-state index in [2.05, 4.69) is 20.7 Å². The molecule has 2 aromatic rings. The van der Waals surface area contributed by atoms with E-state index < -0.39 is 0 Å². The summed E-state index contributed by atoms with van der Waals surface area (Å²) in [5.41, 5.74) is 1.17. The van der Waals surface area contributed by atoms with Crippen LogP contribution in [-0.4, -0.2) is 41.0 Å². The van der Waals surface area contributed by atoms with E-state index >= 15 is 0 Å². The molecule has 0 aliphatic carbocycles. The van der Waals surface area contributed by atoms with E-state index in [-0.39, 0.29) is 5.69 Å². The van der Waals surface area contributed by atoms with Crippen LogP contribution >= 0.6 is 0 Å². The van der Waals surface area contributed by atoms with Crippen molar-refractivity contribution in [1.29, 1.82) is 0 Å². The molecule has 1 aromatic heterocycles. The highest BCUT2D eigenvalue weighted by Crippen LogP contribution is 2.11. The van der Waals surface area contributed by atoms with Crippen molar-refractivity contribution in [2.75, 3.05) is 20.7 Å². The summed E-state index contributed by atoms with van der Waals surface area (Å²) in [4.78, 5) is 16.5. The Morgan fingerprint density at radius 1 is 1.26 bits per heavy atom. The summed E-state index contributed by atoms with van der Waals surface area (Å²) in [7, 11) is 3.41. The van der Waals surface area contributed by atoms with E-state index in [1.807, 2.05) is 28.8 Å². The van der Waals surface area contributed by atoms with Crippen molar-refractivity contribution < 1.29 is 4.74 Å². The third kappa shape index (κ3) is 4.90. The van der Waals surface area contributed by atoms with Crippen LogP contribution in [0.3, 0.4) is 0 Å². The fourth-order valence-corrected chi connectivity index (χ4v) is 3.18. The van der Waals surface area contributed by atoms with E-state index in [0.717, 1.165) is 61.9 Å². The number of rotatable bonds is 7. The molecule has 2 N–H and O–H groups in total. The van der Waals surface area contributed by atoms with Gasteiger partial charge in [-0.25, -0.2) is 9.48 Å². The minimum Gasteiger partial charge on any atom is -0.497 e. The summed E-state index contributed by atoms with van der Waals surface area (Å²) in [5.74, 6) is 2.51. The zero-order valence-electron chi connectivity index (χ0n) is 16.1. The second-order valence-corrected chi connectivity index (χ2v) is 6.58. The summed E-state index contributed by atoms with van der Waals surface area (Å²) in [5, 5.41) is 11.0. The second-order valence-electron chi connectivity index (χ2n) is 6.58. The molecule has 3 rings (SSSR count). The Bertz CT molecular complexity index is 822. The van der Waals surface area contributed by atoms with Gasteiger partial charge in [0.2, 0.25) is 0 Å². The van der Waals surface area contributed by atoms with Gasteiger partial charge in [-0.05, 0) is 37.0 Å². The first kappa shape index (κ1) is 19.0. The third-order valence-corrected chi connectivity index (χ3v) is 4.71. The predicted molar refractivity (Wildman–Crippen MR) is 105 cm³/mol. The summed E-state index contributed by atoms with van der Waals surface area (Å²) >= 11 is 0. The quantitative estimate of drug-likeness (QED) is 0.433. The van der Waals surface area contributed by atoms with E-state index in [1.165, 1.54) is 0 Å². The average molecular weight is 372 g/mol. The molecule has 8 nitrogen and oxygen atoms in total. The Kier molecular flexibility index (Phi) is 6.51. The zero-order chi connectivity index (χ0) is 19.1. The number of aliphatic imine (C=N–C) groups is 1. The van der Waals surface area contributed by atoms with Crippen molar-refractivity contribution in [1.82, 2.24) is 25.0 Å². The predicted octanol–water partition coefficient (Wildman–Crippen LogP) is 1.14. The number of hydrogen-bond acceptors (Lipinski definition) is 4. The summed E-state index contributed by atoms with van der Waals surface area (Å²) < 4.78 is 8.57. The Balaban J connectivity index is 1.42. The molecule has 0 atom stereocenters. The number of aromatic nitrogens is 3. The number of methoxy groups -OCH3 is 1. The van der Waals surface area contributed by atoms with Crippen LogP contribution in [0, 0.1) is 0 Å². The molecular formula is C19H28N6O2. The van der Waals surface area contributed by atoms with E-state index in [4.69, 9.17) is 4.74 Å². The lowest BCUT2D eigenvalue weighted by atomic mass is 10.2. The third-order valence-electron chi connectivity index (χ3n) is 4.71. The van der Waals surface area contributed by atoms with E-state index in [1.54, 1.807) is 18.8 Å². The van der Waals surface area contributed by atoms with Crippen LogP contribution in [0.15, 0.2) is 34.1 Å². The fourth-order valence-electron chi connectivity index (χ4n) is 3.18. The number of aryl methyl sites for hydroxylation is 2. The molecule has 0 amide bonds. The smallest absolute Gasteiger partial charge is 0.345 e. The highest BCUT2D eigenvalue weighted by Gasteiger charge is 2.16. The summed E-state index contributed by atoms with van der Waals surface area (Å²) in [6.45, 7) is 2.81. The first-order chi connectivity index (χ1) is 13.2. The zero-order valence-corrected chi connectivity index (χ0v) is 16.1. The number of nitrogens with zero attached hydrogens (tertiary/aromatic N) is 4. The van der Waals surface area contributed by atoms with Crippen molar-refractivity contribution in [3.63, 3.8) is 0 Å². The molecule has 0 saturated heterocycles. The van der Waals surface area contributed by atoms with Crippen molar-refractivity contribution in [3.05, 3.63) is 46.1 Å². The second kappa shape index (κ2) is 9.25. The monoisotopic (exact) mass is 372 g/mol. The molecule has 0 radical (unpaired) electrons. The SMILES string of the molecule is CN=C(NCCCn1nc2n(c1=O)CCCC2)NCc1ccc(OC)cc1. The van der Waals surface area contributed by atoms with Gasteiger partial charge in [-0.3, -0.25) is 9.56 Å². The Morgan fingerprint density at radius 3 is 2.78 bits per heavy atom. The molecule has 0 unspecified atom stereocenters. The molecule has 0 fully saturated rings. The maximum absolute atomic E-state index is 12.3. The summed E-state index contributed by atoms with van der Waals surface area (Å²) in [6.07, 6.45) is 3.90. The lowest BCUT2D eigenvalue weighted by molar-refractivity contribution is 0.414. The number of guanidine groups is 1. The van der Waals surface area contributed by atoms with Crippen LogP contribution in [-0.2, 0) is 26.1 Å². The van der Waals surface area contributed by atoms with Gasteiger partial charge in [0, 0.05) is 39.6 Å². The minimum absolute atomic E-state index is 0.0201. The topological polar surface area (TPSA) is 85.5 Å². The van der Waals surface area contributed by atoms with Gasteiger partial charge in [-0.1, -0.05) is 12.1 Å². The van der Waals surface area contributed by atoms with Crippen LogP contribution in [0.2, 0.25) is 0 Å². The highest BCUT2D eigenvalue weighted by atomic mass is 16.5. The first-order valence-electron chi connectivity index (χ1n) is 9.45. The maximum Gasteiger partial charge on any atom is 0.345 e. The largest absolute Gasteiger partial charge is 0.497 e. The Labute approximate surface area is 159 Å². The van der Waals surface area contributed by atoms with Gasteiger partial charge in [0.25, 0.3) is 0 Å². The van der Waals surface area contributed by atoms with Gasteiger partial charge in [-0.15, -0.1) is 0 Å². The van der Waals surface area contributed by atoms with Crippen molar-refractivity contribution >= 4 is 5.96 Å². The van der Waals surface area contributed by atoms with Gasteiger partial charge in [0.05, 0.1) is 7.11 Å². The van der Waals surface area contributed by atoms with Crippen molar-refractivity contribution in [3.8, 4) is 5.75 Å². The number of benzene rings is 1. The lowest BCUT2D eigenvalue weighted by Crippen LogP contribution is -2.37. The first-order valence-corrected chi connectivity index (χ1v) is 9.45. The number of fused-ring (bicyclic) bond motifs is 1. The van der Waals surface area contributed by atoms with Gasteiger partial charge in [0.15, 0.2) is 5.96 Å². The maximum atomic E-state index is 12.3. The molecule has 1 aromatic carbocycles. The Hall–Kier alpha value is -2.77. The molecular weight excluding hydrogens is 344 g/mol.